The number of carbonyl (C=O) groups is 1. The highest BCUT2D eigenvalue weighted by molar-refractivity contribution is 5.97. The number of hydrogen-bond acceptors (Lipinski definition) is 4. The van der Waals surface area contributed by atoms with Crippen molar-refractivity contribution in [2.45, 2.75) is 19.1 Å². The van der Waals surface area contributed by atoms with Crippen LogP contribution in [0.3, 0.4) is 0 Å². The minimum atomic E-state index is -0.680. The second kappa shape index (κ2) is 7.57. The molecule has 2 unspecified atom stereocenters. The van der Waals surface area contributed by atoms with Crippen molar-refractivity contribution in [3.63, 3.8) is 0 Å². The summed E-state index contributed by atoms with van der Waals surface area (Å²) < 4.78 is 23.1. The molecule has 0 saturated carbocycles. The average Bonchev–Trinajstić information content (AvgIpc) is 3.37. The number of rotatable bonds is 4. The molecule has 1 fully saturated rings. The van der Waals surface area contributed by atoms with Crippen LogP contribution in [0.2, 0.25) is 0 Å². The van der Waals surface area contributed by atoms with Crippen LogP contribution in [0.4, 0.5) is 4.39 Å². The molecule has 1 N–H and O–H groups in total. The molecule has 1 amide bonds. The van der Waals surface area contributed by atoms with E-state index in [4.69, 9.17) is 4.74 Å². The molecule has 2 atom stereocenters. The maximum Gasteiger partial charge on any atom is 0.259 e. The summed E-state index contributed by atoms with van der Waals surface area (Å²) in [6.07, 6.45) is 3.90. The van der Waals surface area contributed by atoms with Crippen LogP contribution in [0.5, 0.6) is 0 Å². The third kappa shape index (κ3) is 3.32. The Morgan fingerprint density at radius 3 is 2.75 bits per heavy atom. The van der Waals surface area contributed by atoms with Gasteiger partial charge in [-0.3, -0.25) is 4.79 Å². The van der Waals surface area contributed by atoms with Crippen LogP contribution in [-0.2, 0) is 4.74 Å². The summed E-state index contributed by atoms with van der Waals surface area (Å²) >= 11 is 0. The van der Waals surface area contributed by atoms with E-state index in [1.54, 1.807) is 47.0 Å². The summed E-state index contributed by atoms with van der Waals surface area (Å²) in [5, 5.41) is 14.1. The standard InChI is InChI=1S/C20H21FN4O3/c1-14(26)18-13-24(10-11-28-18)20(27)15-12-22-25(17-7-3-2-6-16(17)21)19(15)23-8-4-5-9-23/h2-9,12,14,18,26H,10-11,13H2,1H3. The second-order valence-electron chi connectivity index (χ2n) is 6.74. The van der Waals surface area contributed by atoms with Crippen LogP contribution in [-0.4, -0.2) is 62.2 Å². The molecule has 3 heterocycles. The molecule has 28 heavy (non-hydrogen) atoms. The van der Waals surface area contributed by atoms with Gasteiger partial charge in [0.2, 0.25) is 0 Å². The van der Waals surface area contributed by atoms with Crippen molar-refractivity contribution in [2.24, 2.45) is 0 Å². The minimum Gasteiger partial charge on any atom is -0.391 e. The first-order chi connectivity index (χ1) is 13.6. The molecule has 8 heteroatoms. The van der Waals surface area contributed by atoms with Gasteiger partial charge in [0.05, 0.1) is 18.9 Å². The first-order valence-electron chi connectivity index (χ1n) is 9.11. The highest BCUT2D eigenvalue weighted by atomic mass is 19.1. The summed E-state index contributed by atoms with van der Waals surface area (Å²) in [5.74, 6) is -0.209. The lowest BCUT2D eigenvalue weighted by Crippen LogP contribution is -2.49. The van der Waals surface area contributed by atoms with Gasteiger partial charge in [0.1, 0.15) is 23.2 Å². The van der Waals surface area contributed by atoms with Crippen LogP contribution < -0.4 is 0 Å². The number of morpholine rings is 1. The van der Waals surface area contributed by atoms with E-state index in [2.05, 4.69) is 5.10 Å². The van der Waals surface area contributed by atoms with Gasteiger partial charge in [0.15, 0.2) is 5.82 Å². The largest absolute Gasteiger partial charge is 0.391 e. The van der Waals surface area contributed by atoms with Crippen molar-refractivity contribution in [1.29, 1.82) is 0 Å². The van der Waals surface area contributed by atoms with E-state index in [-0.39, 0.29) is 18.1 Å². The molecule has 4 rings (SSSR count). The molecule has 1 aromatic carbocycles. The molecule has 0 bridgehead atoms. The molecule has 0 spiro atoms. The zero-order valence-corrected chi connectivity index (χ0v) is 15.4. The molecule has 7 nitrogen and oxygen atoms in total. The van der Waals surface area contributed by atoms with Crippen molar-refractivity contribution in [2.75, 3.05) is 19.7 Å². The highest BCUT2D eigenvalue weighted by Gasteiger charge is 2.31. The van der Waals surface area contributed by atoms with E-state index in [1.165, 1.54) is 16.9 Å². The predicted molar refractivity (Wildman–Crippen MR) is 100 cm³/mol. The maximum absolute atomic E-state index is 14.4. The fourth-order valence-corrected chi connectivity index (χ4v) is 3.34. The van der Waals surface area contributed by atoms with Crippen molar-refractivity contribution in [3.8, 4) is 11.5 Å². The number of amides is 1. The van der Waals surface area contributed by atoms with E-state index < -0.39 is 18.0 Å². The summed E-state index contributed by atoms with van der Waals surface area (Å²) in [4.78, 5) is 14.9. The van der Waals surface area contributed by atoms with Crippen LogP contribution in [0, 0.1) is 5.82 Å². The Bertz CT molecular complexity index is 968. The van der Waals surface area contributed by atoms with Gasteiger partial charge in [-0.25, -0.2) is 9.07 Å². The van der Waals surface area contributed by atoms with Crippen molar-refractivity contribution in [1.82, 2.24) is 19.2 Å². The number of hydrogen-bond donors (Lipinski definition) is 1. The highest BCUT2D eigenvalue weighted by Crippen LogP contribution is 2.24. The second-order valence-corrected chi connectivity index (χ2v) is 6.74. The number of aliphatic hydroxyl groups is 1. The smallest absolute Gasteiger partial charge is 0.259 e. The Labute approximate surface area is 161 Å². The first kappa shape index (κ1) is 18.4. The van der Waals surface area contributed by atoms with Gasteiger partial charge in [-0.15, -0.1) is 0 Å². The number of carbonyl (C=O) groups excluding carboxylic acids is 1. The lowest BCUT2D eigenvalue weighted by Gasteiger charge is -2.34. The number of nitrogens with zero attached hydrogens (tertiary/aromatic N) is 4. The van der Waals surface area contributed by atoms with Gasteiger partial charge in [-0.2, -0.15) is 5.10 Å². The molecule has 1 aliphatic heterocycles. The Balaban J connectivity index is 1.76. The Morgan fingerprint density at radius 1 is 1.29 bits per heavy atom. The third-order valence-electron chi connectivity index (χ3n) is 4.82. The summed E-state index contributed by atoms with van der Waals surface area (Å²) in [6.45, 7) is 2.69. The SMILES string of the molecule is CC(O)C1CN(C(=O)c2cnn(-c3ccccc3F)c2-n2cccc2)CCO1. The van der Waals surface area contributed by atoms with Crippen molar-refractivity contribution >= 4 is 5.91 Å². The fourth-order valence-electron chi connectivity index (χ4n) is 3.34. The van der Waals surface area contributed by atoms with Gasteiger partial charge in [-0.05, 0) is 31.2 Å². The predicted octanol–water partition coefficient (Wildman–Crippen LogP) is 2.02. The topological polar surface area (TPSA) is 72.5 Å². The van der Waals surface area contributed by atoms with Crippen molar-refractivity contribution in [3.05, 3.63) is 66.4 Å². The average molecular weight is 384 g/mol. The quantitative estimate of drug-likeness (QED) is 0.747. The number of aromatic nitrogens is 3. The molecular weight excluding hydrogens is 363 g/mol. The number of para-hydroxylation sites is 1. The lowest BCUT2D eigenvalue weighted by atomic mass is 10.1. The molecule has 1 saturated heterocycles. The summed E-state index contributed by atoms with van der Waals surface area (Å²) in [6, 6.07) is 9.94. The lowest BCUT2D eigenvalue weighted by molar-refractivity contribution is -0.0745. The maximum atomic E-state index is 14.4. The molecule has 2 aromatic heterocycles. The Kier molecular flexibility index (Phi) is 4.97. The number of benzene rings is 1. The minimum absolute atomic E-state index is 0.236. The summed E-state index contributed by atoms with van der Waals surface area (Å²) in [5.41, 5.74) is 0.611. The van der Waals surface area contributed by atoms with Crippen LogP contribution in [0.1, 0.15) is 17.3 Å². The molecular formula is C20H21FN4O3. The van der Waals surface area contributed by atoms with Crippen LogP contribution in [0.15, 0.2) is 55.0 Å². The molecule has 0 radical (unpaired) electrons. The third-order valence-corrected chi connectivity index (χ3v) is 4.82. The Hall–Kier alpha value is -2.97. The molecule has 1 aliphatic rings. The number of halogens is 1. The van der Waals surface area contributed by atoms with Gasteiger partial charge in [0.25, 0.3) is 5.91 Å². The van der Waals surface area contributed by atoms with Crippen LogP contribution in [0.25, 0.3) is 11.5 Å². The number of ether oxygens (including phenoxy) is 1. The van der Waals surface area contributed by atoms with E-state index in [9.17, 15) is 14.3 Å². The van der Waals surface area contributed by atoms with E-state index in [1.807, 2.05) is 12.1 Å². The van der Waals surface area contributed by atoms with Gasteiger partial charge in [0, 0.05) is 25.5 Å². The van der Waals surface area contributed by atoms with E-state index in [0.29, 0.717) is 24.5 Å². The summed E-state index contributed by atoms with van der Waals surface area (Å²) in [7, 11) is 0. The zero-order chi connectivity index (χ0) is 19.7. The molecule has 0 aliphatic carbocycles. The van der Waals surface area contributed by atoms with Gasteiger partial charge >= 0.3 is 0 Å². The van der Waals surface area contributed by atoms with E-state index >= 15 is 0 Å². The zero-order valence-electron chi connectivity index (χ0n) is 15.4. The first-order valence-corrected chi connectivity index (χ1v) is 9.11. The molecule has 3 aromatic rings. The van der Waals surface area contributed by atoms with Gasteiger partial charge < -0.3 is 19.3 Å². The van der Waals surface area contributed by atoms with E-state index in [0.717, 1.165) is 0 Å². The van der Waals surface area contributed by atoms with Crippen LogP contribution >= 0.6 is 0 Å². The normalized spacial score (nSPS) is 18.2. The monoisotopic (exact) mass is 384 g/mol. The molecule has 146 valence electrons. The van der Waals surface area contributed by atoms with Crippen molar-refractivity contribution < 1.29 is 19.0 Å². The Morgan fingerprint density at radius 2 is 2.04 bits per heavy atom. The fraction of sp³-hybridized carbons (Fsp3) is 0.300. The number of aliphatic hydroxyl groups excluding tert-OH is 1. The van der Waals surface area contributed by atoms with Gasteiger partial charge in [-0.1, -0.05) is 12.1 Å².